The predicted molar refractivity (Wildman–Crippen MR) is 52.2 cm³/mol. The third-order valence-corrected chi connectivity index (χ3v) is 1.86. The van der Waals surface area contributed by atoms with Crippen molar-refractivity contribution in [1.82, 2.24) is 4.98 Å². The summed E-state index contributed by atoms with van der Waals surface area (Å²) in [6.07, 6.45) is 0. The highest BCUT2D eigenvalue weighted by molar-refractivity contribution is 5.57. The van der Waals surface area contributed by atoms with Crippen molar-refractivity contribution in [2.75, 3.05) is 5.73 Å². The number of aromatic nitrogens is 1. The monoisotopic (exact) mass is 197 g/mol. The molecule has 0 aliphatic heterocycles. The molecule has 0 amide bonds. The molecule has 0 radical (unpaired) electrons. The lowest BCUT2D eigenvalue weighted by Gasteiger charge is -2.05. The van der Waals surface area contributed by atoms with Gasteiger partial charge in [0, 0.05) is 5.69 Å². The van der Waals surface area contributed by atoms with Gasteiger partial charge in [0.1, 0.15) is 5.69 Å². The van der Waals surface area contributed by atoms with Crippen LogP contribution in [0.25, 0.3) is 0 Å². The number of H-pyrrole nitrogens is 1. The minimum Gasteiger partial charge on any atom is -0.393 e. The fourth-order valence-corrected chi connectivity index (χ4v) is 1.09. The summed E-state index contributed by atoms with van der Waals surface area (Å²) in [5.74, 6) is 0.0748. The largest absolute Gasteiger partial charge is 0.393 e. The van der Waals surface area contributed by atoms with E-state index in [1.807, 2.05) is 13.8 Å². The fourth-order valence-electron chi connectivity index (χ4n) is 1.09. The number of pyridine rings is 1. The first-order chi connectivity index (χ1) is 6.43. The molecule has 1 aromatic rings. The maximum atomic E-state index is 11.2. The molecule has 6 nitrogen and oxygen atoms in total. The zero-order chi connectivity index (χ0) is 10.9. The van der Waals surface area contributed by atoms with E-state index in [0.717, 1.165) is 0 Å². The van der Waals surface area contributed by atoms with Crippen molar-refractivity contribution in [2.45, 2.75) is 19.8 Å². The van der Waals surface area contributed by atoms with Crippen LogP contribution < -0.4 is 11.3 Å². The lowest BCUT2D eigenvalue weighted by atomic mass is 10.1. The highest BCUT2D eigenvalue weighted by Crippen LogP contribution is 2.19. The molecule has 0 saturated carbocycles. The van der Waals surface area contributed by atoms with Gasteiger partial charge in [0.05, 0.1) is 4.92 Å². The number of anilines is 1. The van der Waals surface area contributed by atoms with Crippen LogP contribution in [0.5, 0.6) is 0 Å². The first-order valence-electron chi connectivity index (χ1n) is 4.10. The second-order valence-corrected chi connectivity index (χ2v) is 3.27. The van der Waals surface area contributed by atoms with Gasteiger partial charge in [-0.1, -0.05) is 13.8 Å². The number of nitrogens with two attached hydrogens (primary N) is 1. The molecule has 3 N–H and O–H groups in total. The third-order valence-electron chi connectivity index (χ3n) is 1.86. The van der Waals surface area contributed by atoms with Crippen LogP contribution in [0.15, 0.2) is 10.9 Å². The fraction of sp³-hybridized carbons (Fsp3) is 0.375. The summed E-state index contributed by atoms with van der Waals surface area (Å²) >= 11 is 0. The van der Waals surface area contributed by atoms with Crippen molar-refractivity contribution in [2.24, 2.45) is 0 Å². The van der Waals surface area contributed by atoms with E-state index in [1.165, 1.54) is 6.07 Å². The number of rotatable bonds is 2. The van der Waals surface area contributed by atoms with Gasteiger partial charge in [-0.3, -0.25) is 14.9 Å². The molecule has 0 aliphatic rings. The molecule has 6 heteroatoms. The quantitative estimate of drug-likeness (QED) is 0.545. The number of nitrogens with zero attached hydrogens (tertiary/aromatic N) is 1. The van der Waals surface area contributed by atoms with E-state index < -0.39 is 16.2 Å². The summed E-state index contributed by atoms with van der Waals surface area (Å²) in [5.41, 5.74) is 4.56. The number of hydrogen-bond donors (Lipinski definition) is 2. The molecule has 0 spiro atoms. The molecule has 1 rings (SSSR count). The smallest absolute Gasteiger partial charge is 0.356 e. The van der Waals surface area contributed by atoms with E-state index >= 15 is 0 Å². The number of nitrogens with one attached hydrogen (secondary N) is 1. The van der Waals surface area contributed by atoms with Crippen molar-refractivity contribution in [1.29, 1.82) is 0 Å². The third kappa shape index (κ3) is 1.73. The molecule has 0 fully saturated rings. The van der Waals surface area contributed by atoms with Gasteiger partial charge in [-0.2, -0.15) is 0 Å². The Labute approximate surface area is 79.9 Å². The molecular weight excluding hydrogens is 186 g/mol. The minimum atomic E-state index is -0.779. The number of nitrogen functional groups attached to an aromatic ring is 1. The molecular formula is C8H11N3O3. The first-order valence-corrected chi connectivity index (χ1v) is 4.10. The van der Waals surface area contributed by atoms with Crippen molar-refractivity contribution in [3.63, 3.8) is 0 Å². The Morgan fingerprint density at radius 1 is 1.57 bits per heavy atom. The number of aromatic amines is 1. The maximum Gasteiger partial charge on any atom is 0.356 e. The van der Waals surface area contributed by atoms with E-state index in [4.69, 9.17) is 5.73 Å². The number of hydrogen-bond acceptors (Lipinski definition) is 4. The summed E-state index contributed by atoms with van der Waals surface area (Å²) in [6.45, 7) is 3.72. The van der Waals surface area contributed by atoms with Gasteiger partial charge in [0.15, 0.2) is 0 Å². The van der Waals surface area contributed by atoms with Crippen molar-refractivity contribution in [3.05, 3.63) is 32.2 Å². The summed E-state index contributed by atoms with van der Waals surface area (Å²) in [6, 6.07) is 1.42. The van der Waals surface area contributed by atoms with Gasteiger partial charge in [-0.05, 0) is 12.0 Å². The predicted octanol–water partition coefficient (Wildman–Crippen LogP) is 0.989. The van der Waals surface area contributed by atoms with E-state index in [0.29, 0.717) is 5.69 Å². The van der Waals surface area contributed by atoms with Gasteiger partial charge in [0.25, 0.3) is 0 Å². The molecule has 1 aromatic heterocycles. The Balaban J connectivity index is 3.40. The van der Waals surface area contributed by atoms with Crippen LogP contribution in [-0.4, -0.2) is 9.91 Å². The SMILES string of the molecule is CC(C)c1cc(N)c([N+](=O)[O-])c(=O)[nH]1. The lowest BCUT2D eigenvalue weighted by molar-refractivity contribution is -0.385. The Morgan fingerprint density at radius 3 is 2.50 bits per heavy atom. The topological polar surface area (TPSA) is 102 Å². The molecule has 0 aliphatic carbocycles. The average Bonchev–Trinajstić information content (AvgIpc) is 2.01. The van der Waals surface area contributed by atoms with E-state index in [-0.39, 0.29) is 11.6 Å². The standard InChI is InChI=1S/C8H11N3O3/c1-4(2)6-3-5(9)7(11(13)14)8(12)10-6/h3-4H,1-2H3,(H3,9,10,12). The van der Waals surface area contributed by atoms with E-state index in [2.05, 4.69) is 4.98 Å². The minimum absolute atomic E-state index is 0.0748. The van der Waals surface area contributed by atoms with Gasteiger partial charge < -0.3 is 10.7 Å². The molecule has 0 bridgehead atoms. The Hall–Kier alpha value is -1.85. The van der Waals surface area contributed by atoms with Crippen molar-refractivity contribution in [3.8, 4) is 0 Å². The second kappa shape index (κ2) is 3.49. The van der Waals surface area contributed by atoms with Crippen LogP contribution >= 0.6 is 0 Å². The van der Waals surface area contributed by atoms with Crippen LogP contribution in [0.2, 0.25) is 0 Å². The molecule has 14 heavy (non-hydrogen) atoms. The van der Waals surface area contributed by atoms with Crippen LogP contribution in [0, 0.1) is 10.1 Å². The van der Waals surface area contributed by atoms with Crippen LogP contribution in [0.3, 0.4) is 0 Å². The summed E-state index contributed by atoms with van der Waals surface area (Å²) in [4.78, 5) is 23.3. The van der Waals surface area contributed by atoms with Crippen LogP contribution in [0.1, 0.15) is 25.5 Å². The first kappa shape index (κ1) is 10.2. The van der Waals surface area contributed by atoms with Gasteiger partial charge in [0.2, 0.25) is 0 Å². The van der Waals surface area contributed by atoms with E-state index in [9.17, 15) is 14.9 Å². The molecule has 0 saturated heterocycles. The number of nitro groups is 1. The van der Waals surface area contributed by atoms with Gasteiger partial charge in [-0.25, -0.2) is 0 Å². The molecule has 1 heterocycles. The average molecular weight is 197 g/mol. The van der Waals surface area contributed by atoms with Crippen molar-refractivity contribution < 1.29 is 4.92 Å². The zero-order valence-corrected chi connectivity index (χ0v) is 7.90. The highest BCUT2D eigenvalue weighted by atomic mass is 16.6. The zero-order valence-electron chi connectivity index (χ0n) is 7.90. The second-order valence-electron chi connectivity index (χ2n) is 3.27. The van der Waals surface area contributed by atoms with Crippen LogP contribution in [0.4, 0.5) is 11.4 Å². The molecule has 0 atom stereocenters. The normalized spacial score (nSPS) is 10.5. The summed E-state index contributed by atoms with van der Waals surface area (Å²) in [7, 11) is 0. The van der Waals surface area contributed by atoms with Crippen LogP contribution in [-0.2, 0) is 0 Å². The highest BCUT2D eigenvalue weighted by Gasteiger charge is 2.18. The summed E-state index contributed by atoms with van der Waals surface area (Å²) in [5, 5.41) is 10.4. The molecule has 76 valence electrons. The maximum absolute atomic E-state index is 11.2. The molecule has 0 unspecified atom stereocenters. The lowest BCUT2D eigenvalue weighted by Crippen LogP contribution is -2.16. The Kier molecular flexibility index (Phi) is 2.55. The van der Waals surface area contributed by atoms with E-state index in [1.54, 1.807) is 0 Å². The Morgan fingerprint density at radius 2 is 2.14 bits per heavy atom. The Bertz CT molecular complexity index is 422. The van der Waals surface area contributed by atoms with Gasteiger partial charge >= 0.3 is 11.2 Å². The van der Waals surface area contributed by atoms with Gasteiger partial charge in [-0.15, -0.1) is 0 Å². The molecule has 0 aromatic carbocycles. The van der Waals surface area contributed by atoms with Crippen molar-refractivity contribution >= 4 is 11.4 Å². The summed E-state index contributed by atoms with van der Waals surface area (Å²) < 4.78 is 0.